The van der Waals surface area contributed by atoms with Gasteiger partial charge in [0.1, 0.15) is 5.82 Å². The molecule has 2 heterocycles. The Hall–Kier alpha value is -2.63. The van der Waals surface area contributed by atoms with Crippen molar-refractivity contribution in [3.05, 3.63) is 83.9 Å². The van der Waals surface area contributed by atoms with Crippen molar-refractivity contribution in [2.75, 3.05) is 36.8 Å². The van der Waals surface area contributed by atoms with Crippen LogP contribution in [-0.4, -0.2) is 41.2 Å². The number of hydrogen-bond donors (Lipinski definition) is 0. The molecule has 0 radical (unpaired) electrons. The zero-order valence-corrected chi connectivity index (χ0v) is 18.0. The number of benzene rings is 2. The predicted octanol–water partition coefficient (Wildman–Crippen LogP) is 5.85. The predicted molar refractivity (Wildman–Crippen MR) is 127 cm³/mol. The summed E-state index contributed by atoms with van der Waals surface area (Å²) in [6.07, 6.45) is 7.44. The van der Waals surface area contributed by atoms with Crippen LogP contribution in [0, 0.1) is 5.82 Å². The lowest BCUT2D eigenvalue weighted by Gasteiger charge is -2.35. The van der Waals surface area contributed by atoms with Gasteiger partial charge in [-0.15, -0.1) is 0 Å². The second kappa shape index (κ2) is 9.92. The van der Waals surface area contributed by atoms with Gasteiger partial charge >= 0.3 is 0 Å². The minimum atomic E-state index is -0.236. The number of piperazine rings is 1. The highest BCUT2D eigenvalue weighted by Gasteiger charge is 2.16. The standard InChI is InChI=1S/C25H26FN3S/c1-2-30-29-15-13-28(14-16-29)25-7-5-20(6-8-25)3-4-21-17-23(19-24(26)18-21)22-9-11-27-12-10-22/h3-12,17-19H,2,13-16H2,1H3. The lowest BCUT2D eigenvalue weighted by atomic mass is 10.0. The third-order valence-electron chi connectivity index (χ3n) is 5.21. The summed E-state index contributed by atoms with van der Waals surface area (Å²) in [5.41, 5.74) is 5.02. The lowest BCUT2D eigenvalue weighted by Crippen LogP contribution is -2.43. The summed E-state index contributed by atoms with van der Waals surface area (Å²) in [6, 6.07) is 17.5. The molecule has 154 valence electrons. The molecule has 1 aliphatic rings. The summed E-state index contributed by atoms with van der Waals surface area (Å²) in [6.45, 7) is 6.51. The highest BCUT2D eigenvalue weighted by molar-refractivity contribution is 7.96. The van der Waals surface area contributed by atoms with Gasteiger partial charge in [-0.25, -0.2) is 8.70 Å². The van der Waals surface area contributed by atoms with Crippen LogP contribution in [0.2, 0.25) is 0 Å². The number of nitrogens with zero attached hydrogens (tertiary/aromatic N) is 3. The van der Waals surface area contributed by atoms with Gasteiger partial charge in [0.15, 0.2) is 0 Å². The van der Waals surface area contributed by atoms with Crippen molar-refractivity contribution in [2.24, 2.45) is 0 Å². The second-order valence-corrected chi connectivity index (χ2v) is 8.62. The maximum Gasteiger partial charge on any atom is 0.124 e. The van der Waals surface area contributed by atoms with Gasteiger partial charge < -0.3 is 4.90 Å². The Morgan fingerprint density at radius 2 is 1.57 bits per heavy atom. The molecular weight excluding hydrogens is 393 g/mol. The molecule has 3 nitrogen and oxygen atoms in total. The summed E-state index contributed by atoms with van der Waals surface area (Å²) in [7, 11) is 0. The smallest absolute Gasteiger partial charge is 0.124 e. The van der Waals surface area contributed by atoms with Crippen LogP contribution in [0.25, 0.3) is 23.3 Å². The Bertz CT molecular complexity index is 981. The molecule has 3 aromatic rings. The van der Waals surface area contributed by atoms with Crippen LogP contribution >= 0.6 is 11.9 Å². The molecule has 1 fully saturated rings. The summed E-state index contributed by atoms with van der Waals surface area (Å²) >= 11 is 1.92. The summed E-state index contributed by atoms with van der Waals surface area (Å²) < 4.78 is 16.6. The highest BCUT2D eigenvalue weighted by Crippen LogP contribution is 2.24. The van der Waals surface area contributed by atoms with Gasteiger partial charge in [0.25, 0.3) is 0 Å². The molecule has 1 aromatic heterocycles. The van der Waals surface area contributed by atoms with E-state index < -0.39 is 0 Å². The van der Waals surface area contributed by atoms with Gasteiger partial charge in [-0.2, -0.15) is 0 Å². The molecule has 0 N–H and O–H groups in total. The van der Waals surface area contributed by atoms with Gasteiger partial charge in [-0.3, -0.25) is 4.98 Å². The second-order valence-electron chi connectivity index (χ2n) is 7.27. The average molecular weight is 420 g/mol. The molecule has 0 aliphatic carbocycles. The maximum atomic E-state index is 14.1. The fraction of sp³-hybridized carbons (Fsp3) is 0.240. The molecule has 30 heavy (non-hydrogen) atoms. The highest BCUT2D eigenvalue weighted by atomic mass is 32.2. The first-order chi connectivity index (χ1) is 14.7. The molecule has 1 saturated heterocycles. The molecule has 5 heteroatoms. The quantitative estimate of drug-likeness (QED) is 0.369. The minimum absolute atomic E-state index is 0.236. The van der Waals surface area contributed by atoms with E-state index in [1.165, 1.54) is 5.69 Å². The molecule has 0 saturated carbocycles. The molecule has 2 aromatic carbocycles. The van der Waals surface area contributed by atoms with Crippen LogP contribution in [0.3, 0.4) is 0 Å². The van der Waals surface area contributed by atoms with Crippen molar-refractivity contribution >= 4 is 29.8 Å². The van der Waals surface area contributed by atoms with Gasteiger partial charge in [-0.05, 0) is 64.7 Å². The van der Waals surface area contributed by atoms with Gasteiger partial charge in [0, 0.05) is 50.0 Å². The SMILES string of the molecule is CCSN1CCN(c2ccc(C=Cc3cc(F)cc(-c4ccncc4)c3)cc2)CC1. The average Bonchev–Trinajstić information content (AvgIpc) is 2.79. The van der Waals surface area contributed by atoms with Gasteiger partial charge in [0.05, 0.1) is 0 Å². The first-order valence-electron chi connectivity index (χ1n) is 10.3. The summed E-state index contributed by atoms with van der Waals surface area (Å²) in [5.74, 6) is 0.899. The number of halogens is 1. The van der Waals surface area contributed by atoms with E-state index in [0.29, 0.717) is 0 Å². The molecule has 0 unspecified atom stereocenters. The number of rotatable bonds is 6. The Morgan fingerprint density at radius 1 is 0.867 bits per heavy atom. The Morgan fingerprint density at radius 3 is 2.27 bits per heavy atom. The zero-order valence-electron chi connectivity index (χ0n) is 17.2. The van der Waals surface area contributed by atoms with Crippen molar-refractivity contribution in [3.63, 3.8) is 0 Å². The van der Waals surface area contributed by atoms with Crippen molar-refractivity contribution in [3.8, 4) is 11.1 Å². The minimum Gasteiger partial charge on any atom is -0.369 e. The third-order valence-corrected chi connectivity index (χ3v) is 6.20. The molecule has 4 rings (SSSR count). The number of pyridine rings is 1. The van der Waals surface area contributed by atoms with Crippen LogP contribution < -0.4 is 4.90 Å². The van der Waals surface area contributed by atoms with E-state index in [2.05, 4.69) is 45.4 Å². The van der Waals surface area contributed by atoms with E-state index in [-0.39, 0.29) is 5.82 Å². The maximum absolute atomic E-state index is 14.1. The fourth-order valence-electron chi connectivity index (χ4n) is 3.67. The molecule has 0 spiro atoms. The van der Waals surface area contributed by atoms with Gasteiger partial charge in [-0.1, -0.05) is 43.2 Å². The molecule has 1 aliphatic heterocycles. The first kappa shape index (κ1) is 20.6. The van der Waals surface area contributed by atoms with E-state index in [9.17, 15) is 4.39 Å². The van der Waals surface area contributed by atoms with E-state index >= 15 is 0 Å². The van der Waals surface area contributed by atoms with Crippen LogP contribution in [0.4, 0.5) is 10.1 Å². The van der Waals surface area contributed by atoms with E-state index in [1.54, 1.807) is 24.5 Å². The molecular formula is C25H26FN3S. The van der Waals surface area contributed by atoms with Crippen LogP contribution in [0.5, 0.6) is 0 Å². The van der Waals surface area contributed by atoms with Crippen molar-refractivity contribution < 1.29 is 4.39 Å². The van der Waals surface area contributed by atoms with Crippen molar-refractivity contribution in [1.29, 1.82) is 0 Å². The fourth-order valence-corrected chi connectivity index (χ4v) is 4.45. The topological polar surface area (TPSA) is 19.4 Å². The zero-order chi connectivity index (χ0) is 20.8. The van der Waals surface area contributed by atoms with Crippen LogP contribution in [-0.2, 0) is 0 Å². The summed E-state index contributed by atoms with van der Waals surface area (Å²) in [4.78, 5) is 6.47. The van der Waals surface area contributed by atoms with Gasteiger partial charge in [0.2, 0.25) is 0 Å². The number of anilines is 1. The summed E-state index contributed by atoms with van der Waals surface area (Å²) in [5, 5.41) is 0. The third kappa shape index (κ3) is 5.29. The molecule has 0 bridgehead atoms. The Labute approximate surface area is 182 Å². The lowest BCUT2D eigenvalue weighted by molar-refractivity contribution is 0.430. The van der Waals surface area contributed by atoms with E-state index in [0.717, 1.165) is 54.2 Å². The first-order valence-corrected chi connectivity index (χ1v) is 11.3. The van der Waals surface area contributed by atoms with Crippen molar-refractivity contribution in [2.45, 2.75) is 6.92 Å². The Kier molecular flexibility index (Phi) is 6.82. The van der Waals surface area contributed by atoms with Crippen LogP contribution in [0.1, 0.15) is 18.1 Å². The molecule has 0 atom stereocenters. The monoisotopic (exact) mass is 419 g/mol. The van der Waals surface area contributed by atoms with E-state index in [1.807, 2.05) is 42.3 Å². The molecule has 0 amide bonds. The Balaban J connectivity index is 1.43. The normalized spacial score (nSPS) is 15.1. The van der Waals surface area contributed by atoms with E-state index in [4.69, 9.17) is 0 Å². The number of aromatic nitrogens is 1. The number of hydrogen-bond acceptors (Lipinski definition) is 4. The van der Waals surface area contributed by atoms with Crippen LogP contribution in [0.15, 0.2) is 67.0 Å². The largest absolute Gasteiger partial charge is 0.369 e. The van der Waals surface area contributed by atoms with Crippen molar-refractivity contribution in [1.82, 2.24) is 9.29 Å².